The Hall–Kier alpha value is -3.44. The van der Waals surface area contributed by atoms with Gasteiger partial charge in [-0.2, -0.15) is 0 Å². The molecule has 3 aromatic carbocycles. The number of methoxy groups -OCH3 is 1. The first-order chi connectivity index (χ1) is 16.9. The zero-order chi connectivity index (χ0) is 24.9. The van der Waals surface area contributed by atoms with Crippen LogP contribution in [0.3, 0.4) is 0 Å². The van der Waals surface area contributed by atoms with Gasteiger partial charge in [-0.1, -0.05) is 48.5 Å². The maximum absolute atomic E-state index is 12.8. The molecule has 1 unspecified atom stereocenters. The van der Waals surface area contributed by atoms with E-state index < -0.39 is 24.0 Å². The van der Waals surface area contributed by atoms with Crippen LogP contribution in [-0.2, 0) is 14.3 Å². The van der Waals surface area contributed by atoms with Crippen molar-refractivity contribution in [2.75, 3.05) is 25.6 Å². The summed E-state index contributed by atoms with van der Waals surface area (Å²) in [5, 5.41) is 14.5. The van der Waals surface area contributed by atoms with Gasteiger partial charge in [0.05, 0.1) is 17.9 Å². The average molecular weight is 586 g/mol. The van der Waals surface area contributed by atoms with Gasteiger partial charge in [-0.05, 0) is 63.0 Å². The van der Waals surface area contributed by atoms with Crippen molar-refractivity contribution in [2.24, 2.45) is 0 Å². The number of nitrogens with one attached hydrogen (secondary N) is 2. The summed E-state index contributed by atoms with van der Waals surface area (Å²) in [5.41, 5.74) is 4.45. The minimum absolute atomic E-state index is 0.0532. The summed E-state index contributed by atoms with van der Waals surface area (Å²) in [4.78, 5) is 37.0. The fraction of sp³-hybridized carbons (Fsp3) is 0.192. The van der Waals surface area contributed by atoms with E-state index in [4.69, 9.17) is 9.47 Å². The third-order valence-electron chi connectivity index (χ3n) is 5.76. The number of amides is 2. The maximum Gasteiger partial charge on any atom is 0.407 e. The van der Waals surface area contributed by atoms with E-state index in [1.807, 2.05) is 71.1 Å². The fourth-order valence-corrected chi connectivity index (χ4v) is 4.65. The van der Waals surface area contributed by atoms with E-state index in [9.17, 15) is 19.5 Å². The third-order valence-corrected chi connectivity index (χ3v) is 6.43. The molecule has 0 spiro atoms. The van der Waals surface area contributed by atoms with Crippen LogP contribution in [0.1, 0.15) is 27.4 Å². The Morgan fingerprint density at radius 2 is 1.63 bits per heavy atom. The first-order valence-electron chi connectivity index (χ1n) is 10.8. The van der Waals surface area contributed by atoms with Crippen LogP contribution in [-0.4, -0.2) is 49.4 Å². The van der Waals surface area contributed by atoms with Gasteiger partial charge in [0.15, 0.2) is 0 Å². The molecule has 0 fully saturated rings. The molecule has 0 bridgehead atoms. The third kappa shape index (κ3) is 5.46. The molecule has 4 rings (SSSR count). The Labute approximate surface area is 215 Å². The number of aromatic carboxylic acids is 1. The number of rotatable bonds is 8. The minimum Gasteiger partial charge on any atom is -0.478 e. The molecule has 3 aromatic rings. The summed E-state index contributed by atoms with van der Waals surface area (Å²) >= 11 is 1.99. The van der Waals surface area contributed by atoms with Gasteiger partial charge in [0.25, 0.3) is 0 Å². The van der Waals surface area contributed by atoms with Gasteiger partial charge in [-0.25, -0.2) is 9.59 Å². The standard InChI is InChI=1S/C26H23IN2O6/c1-34-14-23(24(30)28-22-11-10-15(27)12-20(22)25(31)32)29-26(33)35-13-21-18-8-4-2-6-16(18)17-7-3-5-9-19(17)21/h2-12,21,23H,13-14H2,1H3,(H,28,30)(H,29,33)(H,31,32). The summed E-state index contributed by atoms with van der Waals surface area (Å²) in [6.45, 7) is -0.0235. The molecule has 0 aromatic heterocycles. The van der Waals surface area contributed by atoms with E-state index in [0.717, 1.165) is 22.3 Å². The highest BCUT2D eigenvalue weighted by molar-refractivity contribution is 14.1. The predicted molar refractivity (Wildman–Crippen MR) is 139 cm³/mol. The van der Waals surface area contributed by atoms with Gasteiger partial charge < -0.3 is 25.2 Å². The number of carboxylic acid groups (broad SMARTS) is 1. The van der Waals surface area contributed by atoms with Gasteiger partial charge in [-0.3, -0.25) is 4.79 Å². The summed E-state index contributed by atoms with van der Waals surface area (Å²) < 4.78 is 11.3. The van der Waals surface area contributed by atoms with Crippen molar-refractivity contribution in [1.29, 1.82) is 0 Å². The van der Waals surface area contributed by atoms with Crippen molar-refractivity contribution in [3.8, 4) is 11.1 Å². The van der Waals surface area contributed by atoms with Gasteiger partial charge in [-0.15, -0.1) is 0 Å². The van der Waals surface area contributed by atoms with E-state index in [-0.39, 0.29) is 30.4 Å². The summed E-state index contributed by atoms with van der Waals surface area (Å²) in [6, 6.07) is 19.5. The molecule has 0 aliphatic heterocycles. The topological polar surface area (TPSA) is 114 Å². The molecule has 8 nitrogen and oxygen atoms in total. The molecule has 1 aliphatic carbocycles. The number of ether oxygens (including phenoxy) is 2. The van der Waals surface area contributed by atoms with Crippen molar-refractivity contribution in [3.05, 3.63) is 87.0 Å². The number of hydrogen-bond acceptors (Lipinski definition) is 5. The first kappa shape index (κ1) is 24.7. The number of carbonyl (C=O) groups excluding carboxylic acids is 2. The highest BCUT2D eigenvalue weighted by Gasteiger charge is 2.30. The summed E-state index contributed by atoms with van der Waals surface area (Å²) in [7, 11) is 1.40. The molecule has 0 heterocycles. The number of fused-ring (bicyclic) bond motifs is 3. The fourth-order valence-electron chi connectivity index (χ4n) is 4.15. The Morgan fingerprint density at radius 3 is 2.23 bits per heavy atom. The highest BCUT2D eigenvalue weighted by Crippen LogP contribution is 2.44. The number of anilines is 1. The quantitative estimate of drug-likeness (QED) is 0.336. The van der Waals surface area contributed by atoms with E-state index in [2.05, 4.69) is 10.6 Å². The zero-order valence-corrected chi connectivity index (χ0v) is 20.9. The van der Waals surface area contributed by atoms with Crippen LogP contribution in [0.15, 0.2) is 66.7 Å². The van der Waals surface area contributed by atoms with Gasteiger partial charge >= 0.3 is 12.1 Å². The van der Waals surface area contributed by atoms with Crippen molar-refractivity contribution >= 4 is 46.2 Å². The molecular weight excluding hydrogens is 563 g/mol. The van der Waals surface area contributed by atoms with Gasteiger partial charge in [0.1, 0.15) is 12.6 Å². The lowest BCUT2D eigenvalue weighted by molar-refractivity contribution is -0.119. The van der Waals surface area contributed by atoms with E-state index in [1.54, 1.807) is 6.07 Å². The van der Waals surface area contributed by atoms with Crippen LogP contribution in [0.4, 0.5) is 10.5 Å². The number of carboxylic acids is 1. The van der Waals surface area contributed by atoms with Crippen LogP contribution in [0.2, 0.25) is 0 Å². The second kappa shape index (κ2) is 10.9. The van der Waals surface area contributed by atoms with Crippen LogP contribution in [0.5, 0.6) is 0 Å². The van der Waals surface area contributed by atoms with Crippen LogP contribution < -0.4 is 10.6 Å². The number of halogens is 1. The van der Waals surface area contributed by atoms with Crippen molar-refractivity contribution in [1.82, 2.24) is 5.32 Å². The number of hydrogen-bond donors (Lipinski definition) is 3. The van der Waals surface area contributed by atoms with Crippen molar-refractivity contribution in [3.63, 3.8) is 0 Å². The molecule has 9 heteroatoms. The van der Waals surface area contributed by atoms with Crippen molar-refractivity contribution < 1.29 is 29.0 Å². The van der Waals surface area contributed by atoms with Gasteiger partial charge in [0.2, 0.25) is 5.91 Å². The molecule has 0 radical (unpaired) electrons. The molecule has 35 heavy (non-hydrogen) atoms. The molecule has 0 saturated carbocycles. The Bertz CT molecular complexity index is 1230. The number of carbonyl (C=O) groups is 3. The molecule has 1 atom stereocenters. The highest BCUT2D eigenvalue weighted by atomic mass is 127. The number of benzene rings is 3. The normalized spacial score (nSPS) is 12.9. The lowest BCUT2D eigenvalue weighted by atomic mass is 9.98. The summed E-state index contributed by atoms with van der Waals surface area (Å²) in [5.74, 6) is -1.91. The van der Waals surface area contributed by atoms with E-state index >= 15 is 0 Å². The predicted octanol–water partition coefficient (Wildman–Crippen LogP) is 4.48. The Morgan fingerprint density at radius 1 is 1.00 bits per heavy atom. The smallest absolute Gasteiger partial charge is 0.407 e. The molecule has 180 valence electrons. The average Bonchev–Trinajstić information content (AvgIpc) is 3.17. The molecule has 3 N–H and O–H groups in total. The molecule has 1 aliphatic rings. The Kier molecular flexibility index (Phi) is 7.67. The SMILES string of the molecule is COCC(NC(=O)OCC1c2ccccc2-c2ccccc21)C(=O)Nc1ccc(I)cc1C(=O)O. The Balaban J connectivity index is 1.43. The van der Waals surface area contributed by atoms with Crippen LogP contribution in [0, 0.1) is 3.57 Å². The van der Waals surface area contributed by atoms with Crippen LogP contribution in [0.25, 0.3) is 11.1 Å². The van der Waals surface area contributed by atoms with E-state index in [0.29, 0.717) is 3.57 Å². The molecule has 2 amide bonds. The lowest BCUT2D eigenvalue weighted by Gasteiger charge is -2.19. The molecule has 0 saturated heterocycles. The second-order valence-corrected chi connectivity index (χ2v) is 9.21. The lowest BCUT2D eigenvalue weighted by Crippen LogP contribution is -2.47. The van der Waals surface area contributed by atoms with Crippen molar-refractivity contribution in [2.45, 2.75) is 12.0 Å². The maximum atomic E-state index is 12.8. The largest absolute Gasteiger partial charge is 0.478 e. The monoisotopic (exact) mass is 586 g/mol. The van der Waals surface area contributed by atoms with Gasteiger partial charge in [0, 0.05) is 16.6 Å². The van der Waals surface area contributed by atoms with Crippen LogP contribution >= 0.6 is 22.6 Å². The summed E-state index contributed by atoms with van der Waals surface area (Å²) in [6.07, 6.45) is -0.773. The molecular formula is C26H23IN2O6. The number of alkyl carbamates (subject to hydrolysis) is 1. The zero-order valence-electron chi connectivity index (χ0n) is 18.8. The van der Waals surface area contributed by atoms with E-state index in [1.165, 1.54) is 19.2 Å². The minimum atomic E-state index is -1.17. The first-order valence-corrected chi connectivity index (χ1v) is 11.9. The second-order valence-electron chi connectivity index (χ2n) is 7.96.